The molecule has 0 fully saturated rings. The Kier molecular flexibility index (Phi) is 6.51. The molecule has 0 saturated carbocycles. The van der Waals surface area contributed by atoms with E-state index in [4.69, 9.17) is 0 Å². The quantitative estimate of drug-likeness (QED) is 0.714. The second-order valence-corrected chi connectivity index (χ2v) is 3.83. The van der Waals surface area contributed by atoms with Crippen LogP contribution in [0.2, 0.25) is 0 Å². The van der Waals surface area contributed by atoms with Crippen LogP contribution in [0.5, 0.6) is 0 Å². The predicted molar refractivity (Wildman–Crippen MR) is 59.5 cm³/mol. The molecule has 1 rings (SSSR count). The average Bonchev–Trinajstić information content (AvgIpc) is 2.21. The molecule has 1 aromatic rings. The highest BCUT2D eigenvalue weighted by Gasteiger charge is 1.95. The third-order valence-corrected chi connectivity index (χ3v) is 2.60. The van der Waals surface area contributed by atoms with E-state index in [1.165, 1.54) is 5.56 Å². The van der Waals surface area contributed by atoms with Crippen LogP contribution in [0.15, 0.2) is 29.2 Å². The Hall–Kier alpha value is -0.630. The minimum absolute atomic E-state index is 0.839. The van der Waals surface area contributed by atoms with Crippen molar-refractivity contribution in [2.45, 2.75) is 32.1 Å². The first-order valence-corrected chi connectivity index (χ1v) is 6.22. The van der Waals surface area contributed by atoms with Crippen LogP contribution in [0.4, 0.5) is 0 Å². The minimum atomic E-state index is -0.839. The monoisotopic (exact) mass is 198 g/mol. The lowest BCUT2D eigenvalue weighted by atomic mass is 10.2. The fourth-order valence-corrected chi connectivity index (χ4v) is 1.44. The zero-order chi connectivity index (χ0) is 10.3. The largest absolute Gasteiger partial charge is 0.255 e. The van der Waals surface area contributed by atoms with Gasteiger partial charge in [-0.2, -0.15) is 0 Å². The summed E-state index contributed by atoms with van der Waals surface area (Å²) in [6.07, 6.45) is 2.73. The molecule has 2 heteroatoms. The summed E-state index contributed by atoms with van der Waals surface area (Å²) in [5.41, 5.74) is 1.29. The van der Waals surface area contributed by atoms with E-state index in [0.717, 1.165) is 11.3 Å². The summed E-state index contributed by atoms with van der Waals surface area (Å²) in [5, 5.41) is 0. The molecule has 0 radical (unpaired) electrons. The first kappa shape index (κ1) is 12.4. The minimum Gasteiger partial charge on any atom is -0.255 e. The van der Waals surface area contributed by atoms with Crippen LogP contribution in [-0.4, -0.2) is 10.5 Å². The van der Waals surface area contributed by atoms with Gasteiger partial charge in [0.1, 0.15) is 0 Å². The van der Waals surface area contributed by atoms with Crippen LogP contribution in [0.1, 0.15) is 26.3 Å². The summed E-state index contributed by atoms with van der Waals surface area (Å²) in [6.45, 7) is 6.11. The Morgan fingerprint density at radius 3 is 1.92 bits per heavy atom. The zero-order valence-corrected chi connectivity index (χ0v) is 9.65. The van der Waals surface area contributed by atoms with Crippen molar-refractivity contribution in [2.75, 3.05) is 6.26 Å². The standard InChI is InChI=1S/C9H12OS.C2H6/c1-3-8-4-6-9(7-5-8)11(2)10;1-2/h4-7H,3H2,1-2H3;1-2H3. The summed E-state index contributed by atoms with van der Waals surface area (Å²) >= 11 is 0. The lowest BCUT2D eigenvalue weighted by Crippen LogP contribution is -1.87. The topological polar surface area (TPSA) is 17.1 Å². The first-order chi connectivity index (χ1) is 6.24. The fourth-order valence-electron chi connectivity index (χ4n) is 0.917. The molecule has 1 atom stereocenters. The van der Waals surface area contributed by atoms with Crippen molar-refractivity contribution < 1.29 is 4.21 Å². The van der Waals surface area contributed by atoms with Crippen molar-refractivity contribution in [1.82, 2.24) is 0 Å². The molecule has 13 heavy (non-hydrogen) atoms. The Labute approximate surface area is 83.6 Å². The van der Waals surface area contributed by atoms with Crippen molar-refractivity contribution in [3.63, 3.8) is 0 Å². The van der Waals surface area contributed by atoms with Crippen LogP contribution in [0, 0.1) is 0 Å². The van der Waals surface area contributed by atoms with Crippen LogP contribution < -0.4 is 0 Å². The van der Waals surface area contributed by atoms with E-state index in [-0.39, 0.29) is 0 Å². The van der Waals surface area contributed by atoms with Crippen LogP contribution in [0.25, 0.3) is 0 Å². The molecule has 0 aliphatic carbocycles. The molecule has 0 bridgehead atoms. The number of hydrogen-bond donors (Lipinski definition) is 0. The van der Waals surface area contributed by atoms with Gasteiger partial charge >= 0.3 is 0 Å². The van der Waals surface area contributed by atoms with Crippen molar-refractivity contribution in [2.24, 2.45) is 0 Å². The molecule has 0 aliphatic rings. The van der Waals surface area contributed by atoms with E-state index < -0.39 is 10.8 Å². The van der Waals surface area contributed by atoms with E-state index in [9.17, 15) is 4.21 Å². The van der Waals surface area contributed by atoms with Gasteiger partial charge < -0.3 is 0 Å². The molecular formula is C11H18OS. The van der Waals surface area contributed by atoms with E-state index in [1.54, 1.807) is 6.26 Å². The lowest BCUT2D eigenvalue weighted by molar-refractivity contribution is 0.687. The third-order valence-electron chi connectivity index (χ3n) is 1.66. The van der Waals surface area contributed by atoms with E-state index in [0.29, 0.717) is 0 Å². The molecule has 0 N–H and O–H groups in total. The predicted octanol–water partition coefficient (Wildman–Crippen LogP) is 3.01. The molecule has 1 aromatic carbocycles. The number of hydrogen-bond acceptors (Lipinski definition) is 1. The summed E-state index contributed by atoms with van der Waals surface area (Å²) < 4.78 is 11.0. The molecule has 0 aliphatic heterocycles. The van der Waals surface area contributed by atoms with Gasteiger partial charge in [-0.05, 0) is 24.1 Å². The number of benzene rings is 1. The number of aryl methyl sites for hydroxylation is 1. The van der Waals surface area contributed by atoms with Crippen molar-refractivity contribution in [3.8, 4) is 0 Å². The summed E-state index contributed by atoms with van der Waals surface area (Å²) in [7, 11) is -0.839. The third kappa shape index (κ3) is 4.23. The molecule has 0 heterocycles. The maximum Gasteiger partial charge on any atom is 0.0498 e. The first-order valence-electron chi connectivity index (χ1n) is 4.66. The van der Waals surface area contributed by atoms with Gasteiger partial charge in [0.2, 0.25) is 0 Å². The molecule has 1 nitrogen and oxygen atoms in total. The molecule has 0 spiro atoms. The highest BCUT2D eigenvalue weighted by molar-refractivity contribution is 7.84. The molecule has 0 amide bonds. The number of rotatable bonds is 2. The van der Waals surface area contributed by atoms with Gasteiger partial charge in [-0.1, -0.05) is 32.9 Å². The average molecular weight is 198 g/mol. The second-order valence-electron chi connectivity index (χ2n) is 2.45. The van der Waals surface area contributed by atoms with Gasteiger partial charge in [0.05, 0.1) is 0 Å². The zero-order valence-electron chi connectivity index (χ0n) is 8.83. The Morgan fingerprint density at radius 2 is 1.62 bits per heavy atom. The van der Waals surface area contributed by atoms with E-state index in [1.807, 2.05) is 38.1 Å². The Morgan fingerprint density at radius 1 is 1.15 bits per heavy atom. The van der Waals surface area contributed by atoms with Gasteiger partial charge in [0.25, 0.3) is 0 Å². The van der Waals surface area contributed by atoms with Gasteiger partial charge in [-0.25, -0.2) is 0 Å². The van der Waals surface area contributed by atoms with E-state index >= 15 is 0 Å². The summed E-state index contributed by atoms with van der Waals surface area (Å²) in [6, 6.07) is 7.90. The maximum absolute atomic E-state index is 11.0. The van der Waals surface area contributed by atoms with E-state index in [2.05, 4.69) is 6.92 Å². The van der Waals surface area contributed by atoms with Crippen molar-refractivity contribution >= 4 is 10.8 Å². The molecule has 0 aromatic heterocycles. The van der Waals surface area contributed by atoms with Gasteiger partial charge in [0.15, 0.2) is 0 Å². The van der Waals surface area contributed by atoms with Crippen LogP contribution in [-0.2, 0) is 17.2 Å². The van der Waals surface area contributed by atoms with Crippen LogP contribution in [0.3, 0.4) is 0 Å². The second kappa shape index (κ2) is 6.84. The maximum atomic E-state index is 11.0. The van der Waals surface area contributed by atoms with Gasteiger partial charge in [-0.15, -0.1) is 0 Å². The molecular weight excluding hydrogens is 180 g/mol. The molecule has 1 unspecified atom stereocenters. The fraction of sp³-hybridized carbons (Fsp3) is 0.455. The smallest absolute Gasteiger partial charge is 0.0498 e. The normalized spacial score (nSPS) is 11.4. The van der Waals surface area contributed by atoms with Crippen LogP contribution >= 0.6 is 0 Å². The highest BCUT2D eigenvalue weighted by atomic mass is 32.2. The Balaban J connectivity index is 0.000000671. The van der Waals surface area contributed by atoms with Gasteiger partial charge in [0, 0.05) is 22.0 Å². The van der Waals surface area contributed by atoms with Crippen molar-refractivity contribution in [1.29, 1.82) is 0 Å². The molecule has 74 valence electrons. The van der Waals surface area contributed by atoms with Gasteiger partial charge in [-0.3, -0.25) is 4.21 Å². The Bertz CT molecular complexity index is 251. The lowest BCUT2D eigenvalue weighted by Gasteiger charge is -1.97. The summed E-state index contributed by atoms with van der Waals surface area (Å²) in [4.78, 5) is 0.905. The highest BCUT2D eigenvalue weighted by Crippen LogP contribution is 2.07. The van der Waals surface area contributed by atoms with Crippen molar-refractivity contribution in [3.05, 3.63) is 29.8 Å². The SMILES string of the molecule is CC.CCc1ccc(S(C)=O)cc1. The molecule has 0 saturated heterocycles. The summed E-state index contributed by atoms with van der Waals surface area (Å²) in [5.74, 6) is 0.